The summed E-state index contributed by atoms with van der Waals surface area (Å²) in [6.45, 7) is 3.06. The average molecular weight is 320 g/mol. The van der Waals surface area contributed by atoms with Crippen LogP contribution in [0.3, 0.4) is 0 Å². The lowest BCUT2D eigenvalue weighted by Gasteiger charge is -2.21. The van der Waals surface area contributed by atoms with Crippen LogP contribution in [-0.4, -0.2) is 19.8 Å². The van der Waals surface area contributed by atoms with Gasteiger partial charge in [0, 0.05) is 6.61 Å². The Morgan fingerprint density at radius 1 is 1.53 bits per heavy atom. The van der Waals surface area contributed by atoms with Crippen molar-refractivity contribution in [2.24, 2.45) is 5.92 Å². The summed E-state index contributed by atoms with van der Waals surface area (Å²) >= 11 is 9.84. The highest BCUT2D eigenvalue weighted by Crippen LogP contribution is 2.39. The predicted octanol–water partition coefficient (Wildman–Crippen LogP) is 4.21. The molecule has 0 radical (unpaired) electrons. The first-order valence-corrected chi connectivity index (χ1v) is 7.02. The maximum Gasteiger partial charge on any atom is 0.137 e. The molecule has 0 spiro atoms. The fraction of sp³-hybridized carbons (Fsp3) is 0.538. The Morgan fingerprint density at radius 2 is 2.29 bits per heavy atom. The number of alkyl halides is 1. The number of ether oxygens (including phenoxy) is 2. The van der Waals surface area contributed by atoms with Crippen LogP contribution in [-0.2, 0) is 4.74 Å². The molecular weight excluding hydrogens is 303 g/mol. The minimum absolute atomic E-state index is 0.184. The van der Waals surface area contributed by atoms with Gasteiger partial charge in [-0.05, 0) is 30.0 Å². The third kappa shape index (κ3) is 2.78. The van der Waals surface area contributed by atoms with Crippen molar-refractivity contribution in [3.05, 3.63) is 28.8 Å². The molecule has 1 heterocycles. The van der Waals surface area contributed by atoms with E-state index in [1.54, 1.807) is 7.11 Å². The van der Waals surface area contributed by atoms with Gasteiger partial charge in [0.25, 0.3) is 0 Å². The summed E-state index contributed by atoms with van der Waals surface area (Å²) in [5.74, 6) is 1.27. The largest absolute Gasteiger partial charge is 0.495 e. The second-order valence-electron chi connectivity index (χ2n) is 4.40. The maximum absolute atomic E-state index is 6.13. The van der Waals surface area contributed by atoms with Crippen LogP contribution in [0.25, 0.3) is 0 Å². The van der Waals surface area contributed by atoms with Crippen molar-refractivity contribution in [1.29, 1.82) is 0 Å². The number of hydrogen-bond acceptors (Lipinski definition) is 2. The van der Waals surface area contributed by atoms with Gasteiger partial charge in [-0.2, -0.15) is 0 Å². The van der Waals surface area contributed by atoms with Crippen LogP contribution < -0.4 is 4.74 Å². The number of rotatable bonds is 3. The van der Waals surface area contributed by atoms with Crippen molar-refractivity contribution in [2.75, 3.05) is 13.7 Å². The highest BCUT2D eigenvalue weighted by Gasteiger charge is 2.31. The molecule has 4 heteroatoms. The first kappa shape index (κ1) is 13.2. The van der Waals surface area contributed by atoms with E-state index >= 15 is 0 Å². The van der Waals surface area contributed by atoms with Crippen LogP contribution in [0.1, 0.15) is 23.7 Å². The van der Waals surface area contributed by atoms with Gasteiger partial charge in [0.05, 0.1) is 23.1 Å². The molecule has 1 aliphatic rings. The molecular formula is C13H16BrClO2. The summed E-state index contributed by atoms with van der Waals surface area (Å²) in [7, 11) is 1.62. The fourth-order valence-electron chi connectivity index (χ4n) is 2.14. The van der Waals surface area contributed by atoms with Gasteiger partial charge in [-0.25, -0.2) is 0 Å². The Bertz CT molecular complexity index is 397. The quantitative estimate of drug-likeness (QED) is 0.777. The Hall–Kier alpha value is -0.250. The Kier molecular flexibility index (Phi) is 4.34. The standard InChI is InChI=1S/C13H16BrClO2/c1-8-5-6-17-13(8)12(14)9-3-4-11(16-2)10(15)7-9/h3-4,7-8,12-13H,5-6H2,1-2H3. The van der Waals surface area contributed by atoms with Crippen molar-refractivity contribution in [2.45, 2.75) is 24.3 Å². The van der Waals surface area contributed by atoms with E-state index in [-0.39, 0.29) is 10.9 Å². The third-order valence-corrected chi connectivity index (χ3v) is 4.57. The molecule has 0 N–H and O–H groups in total. The Balaban J connectivity index is 2.19. The first-order chi connectivity index (χ1) is 8.13. The lowest BCUT2D eigenvalue weighted by molar-refractivity contribution is 0.0935. The summed E-state index contributed by atoms with van der Waals surface area (Å²) < 4.78 is 10.9. The zero-order valence-corrected chi connectivity index (χ0v) is 12.3. The molecule has 0 aliphatic carbocycles. The van der Waals surface area contributed by atoms with Crippen molar-refractivity contribution in [1.82, 2.24) is 0 Å². The monoisotopic (exact) mass is 318 g/mol. The molecule has 2 nitrogen and oxygen atoms in total. The zero-order valence-electron chi connectivity index (χ0n) is 9.95. The van der Waals surface area contributed by atoms with Crippen LogP contribution >= 0.6 is 27.5 Å². The molecule has 1 aromatic carbocycles. The van der Waals surface area contributed by atoms with E-state index in [1.165, 1.54) is 0 Å². The second-order valence-corrected chi connectivity index (χ2v) is 5.79. The molecule has 94 valence electrons. The molecule has 1 aliphatic heterocycles. The van der Waals surface area contributed by atoms with Gasteiger partial charge >= 0.3 is 0 Å². The topological polar surface area (TPSA) is 18.5 Å². The molecule has 1 fully saturated rings. The van der Waals surface area contributed by atoms with Gasteiger partial charge in [-0.15, -0.1) is 0 Å². The molecule has 0 bridgehead atoms. The zero-order chi connectivity index (χ0) is 12.4. The van der Waals surface area contributed by atoms with Gasteiger partial charge in [0.1, 0.15) is 5.75 Å². The maximum atomic E-state index is 6.13. The van der Waals surface area contributed by atoms with E-state index < -0.39 is 0 Å². The number of hydrogen-bond donors (Lipinski definition) is 0. The minimum Gasteiger partial charge on any atom is -0.495 e. The van der Waals surface area contributed by atoms with E-state index in [9.17, 15) is 0 Å². The summed E-state index contributed by atoms with van der Waals surface area (Å²) in [5.41, 5.74) is 1.13. The van der Waals surface area contributed by atoms with Crippen molar-refractivity contribution in [3.63, 3.8) is 0 Å². The van der Waals surface area contributed by atoms with Crippen molar-refractivity contribution >= 4 is 27.5 Å². The van der Waals surface area contributed by atoms with Gasteiger partial charge in [0.2, 0.25) is 0 Å². The van der Waals surface area contributed by atoms with E-state index in [0.717, 1.165) is 18.6 Å². The summed E-state index contributed by atoms with van der Waals surface area (Å²) in [6, 6.07) is 5.86. The number of methoxy groups -OCH3 is 1. The molecule has 0 saturated carbocycles. The predicted molar refractivity (Wildman–Crippen MR) is 73.2 cm³/mol. The van der Waals surface area contributed by atoms with Crippen molar-refractivity contribution < 1.29 is 9.47 Å². The van der Waals surface area contributed by atoms with Crippen LogP contribution in [0.4, 0.5) is 0 Å². The number of halogens is 2. The summed E-state index contributed by atoms with van der Waals surface area (Å²) in [4.78, 5) is 0.184. The van der Waals surface area contributed by atoms with Gasteiger partial charge in [-0.1, -0.05) is 40.5 Å². The minimum atomic E-state index is 0.184. The summed E-state index contributed by atoms with van der Waals surface area (Å²) in [6.07, 6.45) is 1.34. The van der Waals surface area contributed by atoms with E-state index in [0.29, 0.717) is 16.7 Å². The van der Waals surface area contributed by atoms with E-state index in [2.05, 4.69) is 22.9 Å². The van der Waals surface area contributed by atoms with E-state index in [4.69, 9.17) is 21.1 Å². The Labute approximate surface area is 115 Å². The lowest BCUT2D eigenvalue weighted by atomic mass is 9.97. The highest BCUT2D eigenvalue weighted by molar-refractivity contribution is 9.09. The Morgan fingerprint density at radius 3 is 2.82 bits per heavy atom. The second kappa shape index (κ2) is 5.59. The van der Waals surface area contributed by atoms with Gasteiger partial charge < -0.3 is 9.47 Å². The average Bonchev–Trinajstić information content (AvgIpc) is 2.74. The third-order valence-electron chi connectivity index (χ3n) is 3.23. The molecule has 0 amide bonds. The first-order valence-electron chi connectivity index (χ1n) is 5.72. The summed E-state index contributed by atoms with van der Waals surface area (Å²) in [5, 5.41) is 0.639. The van der Waals surface area contributed by atoms with Crippen LogP contribution in [0, 0.1) is 5.92 Å². The molecule has 3 atom stereocenters. The van der Waals surface area contributed by atoms with Crippen LogP contribution in [0.2, 0.25) is 5.02 Å². The lowest BCUT2D eigenvalue weighted by Crippen LogP contribution is -2.19. The molecule has 0 aromatic heterocycles. The van der Waals surface area contributed by atoms with Crippen LogP contribution in [0.15, 0.2) is 18.2 Å². The fourth-order valence-corrected chi connectivity index (χ4v) is 3.36. The molecule has 3 unspecified atom stereocenters. The van der Waals surface area contributed by atoms with Gasteiger partial charge in [-0.3, -0.25) is 0 Å². The van der Waals surface area contributed by atoms with Gasteiger partial charge in [0.15, 0.2) is 0 Å². The SMILES string of the molecule is COc1ccc(C(Br)C2OCCC2C)cc1Cl. The normalized spacial score (nSPS) is 25.9. The molecule has 1 saturated heterocycles. The molecule has 2 rings (SSSR count). The number of benzene rings is 1. The smallest absolute Gasteiger partial charge is 0.137 e. The van der Waals surface area contributed by atoms with E-state index in [1.807, 2.05) is 18.2 Å². The molecule has 1 aromatic rings. The molecule has 17 heavy (non-hydrogen) atoms. The van der Waals surface area contributed by atoms with Crippen molar-refractivity contribution in [3.8, 4) is 5.75 Å². The highest BCUT2D eigenvalue weighted by atomic mass is 79.9. The van der Waals surface area contributed by atoms with Crippen LogP contribution in [0.5, 0.6) is 5.75 Å².